The van der Waals surface area contributed by atoms with Crippen molar-refractivity contribution in [3.8, 4) is 0 Å². The molecule has 120 valence electrons. The molecule has 2 N–H and O–H groups in total. The zero-order valence-corrected chi connectivity index (χ0v) is 13.8. The number of ether oxygens (including phenoxy) is 1. The second-order valence-electron chi connectivity index (χ2n) is 6.46. The van der Waals surface area contributed by atoms with Gasteiger partial charge in [0.15, 0.2) is 0 Å². The van der Waals surface area contributed by atoms with Crippen molar-refractivity contribution in [3.05, 3.63) is 0 Å². The number of amides is 1. The molecule has 2 fully saturated rings. The fraction of sp³-hybridized carbons (Fsp3) is 0.867. The Kier molecular flexibility index (Phi) is 4.88. The number of thioether (sulfide) groups is 1. The van der Waals surface area contributed by atoms with Crippen LogP contribution in [0.25, 0.3) is 0 Å². The van der Waals surface area contributed by atoms with Crippen LogP contribution in [0.1, 0.15) is 40.0 Å². The van der Waals surface area contributed by atoms with E-state index in [-0.39, 0.29) is 17.9 Å². The summed E-state index contributed by atoms with van der Waals surface area (Å²) in [6.07, 6.45) is 1.89. The van der Waals surface area contributed by atoms with Crippen LogP contribution in [0, 0.1) is 11.3 Å². The maximum atomic E-state index is 12.4. The summed E-state index contributed by atoms with van der Waals surface area (Å²) in [5.41, 5.74) is -1.80. The normalized spacial score (nSPS) is 32.2. The Balaban J connectivity index is 2.10. The Morgan fingerprint density at radius 1 is 1.33 bits per heavy atom. The highest BCUT2D eigenvalue weighted by molar-refractivity contribution is 7.99. The average molecular weight is 315 g/mol. The first-order valence-electron chi connectivity index (χ1n) is 7.60. The molecule has 2 unspecified atom stereocenters. The summed E-state index contributed by atoms with van der Waals surface area (Å²) in [7, 11) is 0. The maximum absolute atomic E-state index is 12.4. The number of carboxylic acids is 1. The standard InChI is InChI=1S/C15H25NO4S/c1-4-20-11-9-15(13(18)19,14(11,2)3)16-12(17)10-5-7-21-8-6-10/h10-11H,4-9H2,1-3H3,(H,16,17)(H,18,19). The first-order chi connectivity index (χ1) is 9.85. The predicted octanol–water partition coefficient (Wildman–Crippen LogP) is 1.90. The molecular weight excluding hydrogens is 290 g/mol. The molecule has 1 aliphatic heterocycles. The van der Waals surface area contributed by atoms with Crippen LogP contribution in [0.3, 0.4) is 0 Å². The van der Waals surface area contributed by atoms with Crippen LogP contribution in [0.4, 0.5) is 0 Å². The van der Waals surface area contributed by atoms with Gasteiger partial charge in [-0.05, 0) is 31.3 Å². The summed E-state index contributed by atoms with van der Waals surface area (Å²) >= 11 is 1.85. The smallest absolute Gasteiger partial charge is 0.330 e. The summed E-state index contributed by atoms with van der Waals surface area (Å²) in [5.74, 6) is 0.832. The number of hydrogen-bond donors (Lipinski definition) is 2. The third-order valence-corrected chi connectivity index (χ3v) is 6.11. The number of carbonyl (C=O) groups excluding carboxylic acids is 1. The first kappa shape index (κ1) is 16.6. The van der Waals surface area contributed by atoms with Gasteiger partial charge in [-0.25, -0.2) is 4.79 Å². The number of aliphatic carboxylic acids is 1. The third-order valence-electron chi connectivity index (χ3n) is 5.06. The Morgan fingerprint density at radius 3 is 2.43 bits per heavy atom. The van der Waals surface area contributed by atoms with Gasteiger partial charge < -0.3 is 15.2 Å². The molecule has 6 heteroatoms. The van der Waals surface area contributed by atoms with E-state index in [9.17, 15) is 14.7 Å². The highest BCUT2D eigenvalue weighted by Gasteiger charge is 2.66. The molecule has 21 heavy (non-hydrogen) atoms. The van der Waals surface area contributed by atoms with Gasteiger partial charge in [0.1, 0.15) is 5.54 Å². The summed E-state index contributed by atoms with van der Waals surface area (Å²) in [5, 5.41) is 12.5. The molecule has 2 atom stereocenters. The molecule has 1 saturated carbocycles. The topological polar surface area (TPSA) is 75.6 Å². The molecular formula is C15H25NO4S. The van der Waals surface area contributed by atoms with Gasteiger partial charge in [0.05, 0.1) is 6.10 Å². The molecule has 0 radical (unpaired) electrons. The number of hydrogen-bond acceptors (Lipinski definition) is 4. The highest BCUT2D eigenvalue weighted by Crippen LogP contribution is 2.51. The van der Waals surface area contributed by atoms with E-state index in [2.05, 4.69) is 5.32 Å². The molecule has 0 spiro atoms. The van der Waals surface area contributed by atoms with Gasteiger partial charge in [0.2, 0.25) is 5.91 Å². The zero-order valence-electron chi connectivity index (χ0n) is 13.0. The molecule has 2 aliphatic rings. The molecule has 2 rings (SSSR count). The number of carbonyl (C=O) groups is 2. The van der Waals surface area contributed by atoms with Crippen molar-refractivity contribution in [1.29, 1.82) is 0 Å². The van der Waals surface area contributed by atoms with E-state index in [1.165, 1.54) is 0 Å². The first-order valence-corrected chi connectivity index (χ1v) is 8.75. The van der Waals surface area contributed by atoms with E-state index in [1.54, 1.807) is 0 Å². The van der Waals surface area contributed by atoms with Gasteiger partial charge in [-0.2, -0.15) is 11.8 Å². The van der Waals surface area contributed by atoms with Crippen molar-refractivity contribution < 1.29 is 19.4 Å². The zero-order chi connectivity index (χ0) is 15.7. The average Bonchev–Trinajstić information content (AvgIpc) is 2.46. The SMILES string of the molecule is CCOC1CC(NC(=O)C2CCSCC2)(C(=O)O)C1(C)C. The predicted molar refractivity (Wildman–Crippen MR) is 82.4 cm³/mol. The molecule has 1 aliphatic carbocycles. The van der Waals surface area contributed by atoms with Gasteiger partial charge in [-0.3, -0.25) is 4.79 Å². The minimum Gasteiger partial charge on any atom is -0.479 e. The van der Waals surface area contributed by atoms with E-state index in [0.717, 1.165) is 24.3 Å². The molecule has 0 aromatic heterocycles. The Hall–Kier alpha value is -0.750. The second kappa shape index (κ2) is 6.16. The largest absolute Gasteiger partial charge is 0.479 e. The Bertz CT molecular complexity index is 420. The monoisotopic (exact) mass is 315 g/mol. The van der Waals surface area contributed by atoms with Crippen LogP contribution in [-0.2, 0) is 14.3 Å². The quantitative estimate of drug-likeness (QED) is 0.810. The summed E-state index contributed by atoms with van der Waals surface area (Å²) in [4.78, 5) is 24.3. The van der Waals surface area contributed by atoms with E-state index >= 15 is 0 Å². The van der Waals surface area contributed by atoms with Crippen LogP contribution < -0.4 is 5.32 Å². The minimum atomic E-state index is -1.20. The minimum absolute atomic E-state index is 0.0515. The number of carboxylic acid groups (broad SMARTS) is 1. The van der Waals surface area contributed by atoms with Gasteiger partial charge in [-0.1, -0.05) is 13.8 Å². The van der Waals surface area contributed by atoms with Crippen molar-refractivity contribution in [2.24, 2.45) is 11.3 Å². The lowest BCUT2D eigenvalue weighted by atomic mass is 9.54. The van der Waals surface area contributed by atoms with E-state index in [4.69, 9.17) is 4.74 Å². The van der Waals surface area contributed by atoms with E-state index in [1.807, 2.05) is 32.5 Å². The molecule has 1 amide bonds. The van der Waals surface area contributed by atoms with Gasteiger partial charge >= 0.3 is 5.97 Å². The van der Waals surface area contributed by atoms with Gasteiger partial charge in [-0.15, -0.1) is 0 Å². The molecule has 0 aromatic carbocycles. The molecule has 1 saturated heterocycles. The van der Waals surface area contributed by atoms with Crippen molar-refractivity contribution in [2.75, 3.05) is 18.1 Å². The van der Waals surface area contributed by atoms with Crippen LogP contribution in [0.15, 0.2) is 0 Å². The number of rotatable bonds is 5. The summed E-state index contributed by atoms with van der Waals surface area (Å²) in [6.45, 7) is 6.18. The fourth-order valence-electron chi connectivity index (χ4n) is 3.31. The van der Waals surface area contributed by atoms with E-state index < -0.39 is 16.9 Å². The summed E-state index contributed by atoms with van der Waals surface area (Å²) < 4.78 is 5.61. The fourth-order valence-corrected chi connectivity index (χ4v) is 4.42. The van der Waals surface area contributed by atoms with Gasteiger partial charge in [0, 0.05) is 24.4 Å². The molecule has 0 bridgehead atoms. The van der Waals surface area contributed by atoms with Crippen LogP contribution in [0.5, 0.6) is 0 Å². The number of nitrogens with one attached hydrogen (secondary N) is 1. The van der Waals surface area contributed by atoms with Crippen LogP contribution >= 0.6 is 11.8 Å². The molecule has 1 heterocycles. The van der Waals surface area contributed by atoms with Crippen molar-refractivity contribution in [1.82, 2.24) is 5.32 Å². The van der Waals surface area contributed by atoms with Crippen molar-refractivity contribution in [2.45, 2.75) is 51.7 Å². The molecule has 0 aromatic rings. The van der Waals surface area contributed by atoms with Crippen molar-refractivity contribution >= 4 is 23.6 Å². The highest BCUT2D eigenvalue weighted by atomic mass is 32.2. The Morgan fingerprint density at radius 2 is 1.95 bits per heavy atom. The lowest BCUT2D eigenvalue weighted by Crippen LogP contribution is -2.76. The Labute approximate surface area is 130 Å². The van der Waals surface area contributed by atoms with Crippen LogP contribution in [0.2, 0.25) is 0 Å². The van der Waals surface area contributed by atoms with Gasteiger partial charge in [0.25, 0.3) is 0 Å². The van der Waals surface area contributed by atoms with E-state index in [0.29, 0.717) is 13.0 Å². The lowest BCUT2D eigenvalue weighted by Gasteiger charge is -2.58. The maximum Gasteiger partial charge on any atom is 0.330 e. The lowest BCUT2D eigenvalue weighted by molar-refractivity contribution is -0.195. The van der Waals surface area contributed by atoms with Crippen LogP contribution in [-0.4, -0.2) is 46.7 Å². The molecule has 5 nitrogen and oxygen atoms in total. The second-order valence-corrected chi connectivity index (χ2v) is 7.68. The van der Waals surface area contributed by atoms with Crippen molar-refractivity contribution in [3.63, 3.8) is 0 Å². The third kappa shape index (κ3) is 2.80. The summed E-state index contributed by atoms with van der Waals surface area (Å²) in [6, 6.07) is 0.